The number of allylic oxidation sites excluding steroid dienone is 1. The molecule has 0 radical (unpaired) electrons. The van der Waals surface area contributed by atoms with Gasteiger partial charge in [0.2, 0.25) is 0 Å². The summed E-state index contributed by atoms with van der Waals surface area (Å²) < 4.78 is 39.8. The van der Waals surface area contributed by atoms with Gasteiger partial charge < -0.3 is 5.11 Å². The maximum absolute atomic E-state index is 12.8. The van der Waals surface area contributed by atoms with Crippen LogP contribution in [0.3, 0.4) is 0 Å². The van der Waals surface area contributed by atoms with Crippen LogP contribution < -0.4 is 0 Å². The highest BCUT2D eigenvalue weighted by molar-refractivity contribution is 5.91. The first-order chi connectivity index (χ1) is 9.86. The molecule has 1 N–H and O–H groups in total. The van der Waals surface area contributed by atoms with Crippen molar-refractivity contribution in [1.82, 2.24) is 9.78 Å². The first kappa shape index (κ1) is 14.8. The second-order valence-electron chi connectivity index (χ2n) is 4.31. The van der Waals surface area contributed by atoms with Crippen molar-refractivity contribution in [3.63, 3.8) is 0 Å². The van der Waals surface area contributed by atoms with Gasteiger partial charge in [0.25, 0.3) is 0 Å². The summed E-state index contributed by atoms with van der Waals surface area (Å²) in [7, 11) is 0. The summed E-state index contributed by atoms with van der Waals surface area (Å²) in [5.41, 5.74) is -0.627. The number of hydrogen-bond donors (Lipinski definition) is 1. The standard InChI is InChI=1S/C14H11F3N2O2/c15-14(16,17)12(6-13(20)21)11-7-18-19(9-11)8-10-4-2-1-3-5-10/h1-7,9H,8H2,(H,20,21). The van der Waals surface area contributed by atoms with Crippen molar-refractivity contribution in [2.24, 2.45) is 0 Å². The molecule has 110 valence electrons. The topological polar surface area (TPSA) is 55.1 Å². The zero-order valence-electron chi connectivity index (χ0n) is 10.7. The zero-order valence-corrected chi connectivity index (χ0v) is 10.7. The average Bonchev–Trinajstić information content (AvgIpc) is 2.84. The molecule has 0 unspecified atom stereocenters. The van der Waals surface area contributed by atoms with E-state index in [9.17, 15) is 18.0 Å². The van der Waals surface area contributed by atoms with Crippen molar-refractivity contribution in [2.45, 2.75) is 12.7 Å². The molecule has 0 aliphatic carbocycles. The lowest BCUT2D eigenvalue weighted by atomic mass is 10.1. The van der Waals surface area contributed by atoms with Crippen LogP contribution >= 0.6 is 0 Å². The van der Waals surface area contributed by atoms with Crippen molar-refractivity contribution >= 4 is 11.5 Å². The number of alkyl halides is 3. The van der Waals surface area contributed by atoms with Crippen LogP contribution in [-0.4, -0.2) is 27.0 Å². The molecule has 0 saturated carbocycles. The molecule has 0 saturated heterocycles. The number of carbonyl (C=O) groups is 1. The van der Waals surface area contributed by atoms with E-state index in [1.165, 1.54) is 10.9 Å². The number of aliphatic carboxylic acids is 1. The fraction of sp³-hybridized carbons (Fsp3) is 0.143. The van der Waals surface area contributed by atoms with E-state index in [-0.39, 0.29) is 11.6 Å². The van der Waals surface area contributed by atoms with Gasteiger partial charge in [-0.05, 0) is 5.56 Å². The molecule has 0 amide bonds. The zero-order chi connectivity index (χ0) is 15.5. The Labute approximate surface area is 118 Å². The van der Waals surface area contributed by atoms with Crippen molar-refractivity contribution in [2.75, 3.05) is 0 Å². The first-order valence-electron chi connectivity index (χ1n) is 5.95. The number of rotatable bonds is 4. The molecule has 21 heavy (non-hydrogen) atoms. The van der Waals surface area contributed by atoms with Gasteiger partial charge >= 0.3 is 12.1 Å². The van der Waals surface area contributed by atoms with Gasteiger partial charge in [0.1, 0.15) is 0 Å². The maximum atomic E-state index is 12.8. The van der Waals surface area contributed by atoms with Crippen LogP contribution in [0.4, 0.5) is 13.2 Å². The Morgan fingerprint density at radius 2 is 1.95 bits per heavy atom. The van der Waals surface area contributed by atoms with Gasteiger partial charge in [-0.1, -0.05) is 30.3 Å². The Balaban J connectivity index is 2.27. The Morgan fingerprint density at radius 1 is 1.29 bits per heavy atom. The second kappa shape index (κ2) is 5.82. The van der Waals surface area contributed by atoms with Gasteiger partial charge in [0, 0.05) is 17.8 Å². The fourth-order valence-electron chi connectivity index (χ4n) is 1.81. The first-order valence-corrected chi connectivity index (χ1v) is 5.95. The molecule has 7 heteroatoms. The smallest absolute Gasteiger partial charge is 0.417 e. The van der Waals surface area contributed by atoms with Crippen molar-refractivity contribution in [1.29, 1.82) is 0 Å². The minimum atomic E-state index is -4.75. The molecule has 0 atom stereocenters. The van der Waals surface area contributed by atoms with Crippen LogP contribution in [0, 0.1) is 0 Å². The highest BCUT2D eigenvalue weighted by atomic mass is 19.4. The molecule has 0 spiro atoms. The summed E-state index contributed by atoms with van der Waals surface area (Å²) in [6.07, 6.45) is -2.43. The highest BCUT2D eigenvalue weighted by Gasteiger charge is 2.36. The van der Waals surface area contributed by atoms with E-state index in [1.807, 2.05) is 30.3 Å². The summed E-state index contributed by atoms with van der Waals surface area (Å²) in [5.74, 6) is -1.65. The van der Waals surface area contributed by atoms with Crippen molar-refractivity contribution in [3.8, 4) is 0 Å². The van der Waals surface area contributed by atoms with E-state index < -0.39 is 17.7 Å². The fourth-order valence-corrected chi connectivity index (χ4v) is 1.81. The minimum Gasteiger partial charge on any atom is -0.478 e. The largest absolute Gasteiger partial charge is 0.478 e. The van der Waals surface area contributed by atoms with Crippen LogP contribution in [0.15, 0.2) is 48.8 Å². The average molecular weight is 296 g/mol. The molecule has 0 bridgehead atoms. The van der Waals surface area contributed by atoms with E-state index >= 15 is 0 Å². The summed E-state index contributed by atoms with van der Waals surface area (Å²) in [6, 6.07) is 9.09. The molecule has 0 fully saturated rings. The third kappa shape index (κ3) is 3.95. The van der Waals surface area contributed by atoms with E-state index in [0.29, 0.717) is 6.54 Å². The van der Waals surface area contributed by atoms with Gasteiger partial charge in [-0.25, -0.2) is 4.79 Å². The van der Waals surface area contributed by atoms with Gasteiger partial charge in [0.05, 0.1) is 18.3 Å². The van der Waals surface area contributed by atoms with E-state index in [2.05, 4.69) is 5.10 Å². The predicted octanol–water partition coefficient (Wildman–Crippen LogP) is 2.96. The van der Waals surface area contributed by atoms with Crippen LogP contribution in [0.5, 0.6) is 0 Å². The van der Waals surface area contributed by atoms with Gasteiger partial charge in [-0.15, -0.1) is 0 Å². The highest BCUT2D eigenvalue weighted by Crippen LogP contribution is 2.33. The van der Waals surface area contributed by atoms with E-state index in [0.717, 1.165) is 11.8 Å². The van der Waals surface area contributed by atoms with Crippen molar-refractivity contribution < 1.29 is 23.1 Å². The third-order valence-electron chi connectivity index (χ3n) is 2.70. The molecule has 0 aliphatic rings. The molecule has 1 heterocycles. The molecule has 1 aromatic carbocycles. The van der Waals surface area contributed by atoms with Crippen molar-refractivity contribution in [3.05, 3.63) is 59.9 Å². The number of hydrogen-bond acceptors (Lipinski definition) is 2. The van der Waals surface area contributed by atoms with Gasteiger partial charge in [-0.2, -0.15) is 18.3 Å². The van der Waals surface area contributed by atoms with Crippen LogP contribution in [-0.2, 0) is 11.3 Å². The quantitative estimate of drug-likeness (QED) is 0.883. The Kier molecular flexibility index (Phi) is 4.11. The van der Waals surface area contributed by atoms with Crippen LogP contribution in [0.25, 0.3) is 5.57 Å². The van der Waals surface area contributed by atoms with Gasteiger partial charge in [0.15, 0.2) is 0 Å². The minimum absolute atomic E-state index is 0.143. The monoisotopic (exact) mass is 296 g/mol. The Morgan fingerprint density at radius 3 is 2.52 bits per heavy atom. The van der Waals surface area contributed by atoms with Crippen LogP contribution in [0.2, 0.25) is 0 Å². The molecule has 2 aromatic rings. The SMILES string of the molecule is O=C(O)C=C(c1cnn(Cc2ccccc2)c1)C(F)(F)F. The molecular weight excluding hydrogens is 285 g/mol. The predicted molar refractivity (Wildman–Crippen MR) is 69.4 cm³/mol. The number of carboxylic acids is 1. The lowest BCUT2D eigenvalue weighted by Crippen LogP contribution is -2.12. The van der Waals surface area contributed by atoms with E-state index in [1.54, 1.807) is 0 Å². The lowest BCUT2D eigenvalue weighted by molar-refractivity contribution is -0.131. The summed E-state index contributed by atoms with van der Waals surface area (Å²) in [5, 5.41) is 12.4. The second-order valence-corrected chi connectivity index (χ2v) is 4.31. The number of benzene rings is 1. The van der Waals surface area contributed by atoms with E-state index in [4.69, 9.17) is 5.11 Å². The molecule has 1 aromatic heterocycles. The summed E-state index contributed by atoms with van der Waals surface area (Å²) in [4.78, 5) is 10.5. The molecule has 4 nitrogen and oxygen atoms in total. The Hall–Kier alpha value is -2.57. The summed E-state index contributed by atoms with van der Waals surface area (Å²) >= 11 is 0. The van der Waals surface area contributed by atoms with Gasteiger partial charge in [-0.3, -0.25) is 4.68 Å². The number of carboxylic acid groups (broad SMARTS) is 1. The maximum Gasteiger partial charge on any atom is 0.417 e. The van der Waals surface area contributed by atoms with Crippen LogP contribution in [0.1, 0.15) is 11.1 Å². The molecule has 2 rings (SSSR count). The normalized spacial score (nSPS) is 12.4. The Bertz CT molecular complexity index is 660. The third-order valence-corrected chi connectivity index (χ3v) is 2.70. The molecular formula is C14H11F3N2O2. The molecule has 0 aliphatic heterocycles. The number of halogens is 3. The lowest BCUT2D eigenvalue weighted by Gasteiger charge is -2.08. The summed E-state index contributed by atoms with van der Waals surface area (Å²) in [6.45, 7) is 0.305. The number of nitrogens with zero attached hydrogens (tertiary/aromatic N) is 2. The number of aromatic nitrogens is 2.